The van der Waals surface area contributed by atoms with E-state index in [1.54, 1.807) is 28.4 Å². The number of anilines is 1. The highest BCUT2D eigenvalue weighted by molar-refractivity contribution is 7.22. The highest BCUT2D eigenvalue weighted by Crippen LogP contribution is 2.32. The number of aromatic hydroxyl groups is 1. The van der Waals surface area contributed by atoms with Crippen LogP contribution in [0.4, 0.5) is 5.13 Å². The summed E-state index contributed by atoms with van der Waals surface area (Å²) in [7, 11) is 0. The maximum Gasteiger partial charge on any atom is 0.278 e. The molecule has 0 bridgehead atoms. The van der Waals surface area contributed by atoms with Gasteiger partial charge in [0.15, 0.2) is 16.5 Å². The van der Waals surface area contributed by atoms with Gasteiger partial charge in [0.25, 0.3) is 11.5 Å². The van der Waals surface area contributed by atoms with Gasteiger partial charge in [-0.2, -0.15) is 9.78 Å². The van der Waals surface area contributed by atoms with E-state index in [9.17, 15) is 14.7 Å². The molecule has 0 unspecified atom stereocenters. The third kappa shape index (κ3) is 4.24. The quantitative estimate of drug-likeness (QED) is 0.479. The van der Waals surface area contributed by atoms with E-state index in [1.165, 1.54) is 11.3 Å². The lowest BCUT2D eigenvalue weighted by molar-refractivity contribution is 0.0735. The fraction of sp³-hybridized carbons (Fsp3) is 0.227. The molecule has 9 nitrogen and oxygen atoms in total. The average Bonchev–Trinajstić information content (AvgIpc) is 3.51. The van der Waals surface area contributed by atoms with Gasteiger partial charge in [-0.25, -0.2) is 0 Å². The Bertz CT molecular complexity index is 1360. The van der Waals surface area contributed by atoms with Gasteiger partial charge in [-0.05, 0) is 36.1 Å². The van der Waals surface area contributed by atoms with Crippen LogP contribution in [-0.2, 0) is 0 Å². The van der Waals surface area contributed by atoms with E-state index in [1.807, 2.05) is 36.6 Å². The first kappa shape index (κ1) is 21.3. The summed E-state index contributed by atoms with van der Waals surface area (Å²) in [6.45, 7) is 3.96. The number of rotatable bonds is 4. The topological polar surface area (TPSA) is 104 Å². The summed E-state index contributed by atoms with van der Waals surface area (Å²) in [4.78, 5) is 30.3. The van der Waals surface area contributed by atoms with Crippen molar-refractivity contribution < 1.29 is 9.90 Å². The van der Waals surface area contributed by atoms with E-state index in [4.69, 9.17) is 0 Å². The average molecular weight is 481 g/mol. The molecule has 1 aliphatic rings. The highest BCUT2D eigenvalue weighted by atomic mass is 32.1. The molecule has 0 atom stereocenters. The molecule has 0 aliphatic carbocycles. The zero-order chi connectivity index (χ0) is 22.9. The lowest BCUT2D eigenvalue weighted by atomic mass is 10.2. The minimum absolute atomic E-state index is 0.138. The summed E-state index contributed by atoms with van der Waals surface area (Å²) in [5.74, 6) is -0.828. The first-order chi connectivity index (χ1) is 16.0. The van der Waals surface area contributed by atoms with E-state index in [-0.39, 0.29) is 5.69 Å². The van der Waals surface area contributed by atoms with Crippen LogP contribution in [0.25, 0.3) is 15.6 Å². The van der Waals surface area contributed by atoms with Gasteiger partial charge in [0.1, 0.15) is 0 Å². The molecule has 1 amide bonds. The second-order valence-corrected chi connectivity index (χ2v) is 9.52. The van der Waals surface area contributed by atoms with Gasteiger partial charge >= 0.3 is 0 Å². The van der Waals surface area contributed by atoms with Crippen LogP contribution in [0.5, 0.6) is 5.75 Å². The fourth-order valence-corrected chi connectivity index (χ4v) is 5.33. The molecular weight excluding hydrogens is 460 g/mol. The number of aryl methyl sites for hydroxylation is 1. The second-order valence-electron chi connectivity index (χ2n) is 7.61. The van der Waals surface area contributed by atoms with Crippen molar-refractivity contribution in [1.82, 2.24) is 24.9 Å². The zero-order valence-electron chi connectivity index (χ0n) is 17.7. The summed E-state index contributed by atoms with van der Waals surface area (Å²) < 4.78 is 1.14. The van der Waals surface area contributed by atoms with Crippen molar-refractivity contribution in [2.45, 2.75) is 6.92 Å². The van der Waals surface area contributed by atoms with E-state index in [2.05, 4.69) is 20.2 Å². The Balaban J connectivity index is 1.32. The van der Waals surface area contributed by atoms with Gasteiger partial charge in [0, 0.05) is 32.2 Å². The van der Waals surface area contributed by atoms with Crippen LogP contribution < -0.4 is 10.5 Å². The maximum atomic E-state index is 13.1. The molecule has 0 saturated carbocycles. The van der Waals surface area contributed by atoms with Crippen molar-refractivity contribution in [1.29, 1.82) is 0 Å². The molecule has 33 heavy (non-hydrogen) atoms. The number of nitrogens with zero attached hydrogens (tertiary/aromatic N) is 6. The normalized spacial score (nSPS) is 14.0. The van der Waals surface area contributed by atoms with Crippen LogP contribution in [0.15, 0.2) is 52.6 Å². The summed E-state index contributed by atoms with van der Waals surface area (Å²) in [6.07, 6.45) is 0. The molecule has 0 radical (unpaired) electrons. The number of hydrogen-bond acceptors (Lipinski definition) is 9. The molecule has 4 heterocycles. The molecule has 0 spiro atoms. The Kier molecular flexibility index (Phi) is 5.65. The van der Waals surface area contributed by atoms with Crippen molar-refractivity contribution in [3.05, 3.63) is 69.5 Å². The van der Waals surface area contributed by atoms with Crippen LogP contribution in [0.1, 0.15) is 16.1 Å². The molecule has 1 fully saturated rings. The predicted octanol–water partition coefficient (Wildman–Crippen LogP) is 2.79. The van der Waals surface area contributed by atoms with Gasteiger partial charge < -0.3 is 14.9 Å². The first-order valence-corrected chi connectivity index (χ1v) is 12.0. The molecule has 3 aromatic heterocycles. The van der Waals surface area contributed by atoms with Crippen LogP contribution >= 0.6 is 22.7 Å². The Hall–Kier alpha value is -3.57. The summed E-state index contributed by atoms with van der Waals surface area (Å²) in [6, 6.07) is 12.3. The van der Waals surface area contributed by atoms with Gasteiger partial charge in [-0.15, -0.1) is 21.5 Å². The molecule has 168 valence electrons. The van der Waals surface area contributed by atoms with E-state index in [0.717, 1.165) is 31.3 Å². The largest absolute Gasteiger partial charge is 0.505 e. The third-order valence-corrected chi connectivity index (χ3v) is 7.37. The standard InChI is InChI=1S/C22H20N6O3S2/c1-14-4-2-5-15(12-14)28-18(30)13-16(29)19(25-28)21(31)26-7-9-27(10-8-26)22-24-23-20(33-22)17-6-3-11-32-17/h2-6,11-13,29H,7-10H2,1H3. The molecule has 1 aliphatic heterocycles. The van der Waals surface area contributed by atoms with Crippen LogP contribution in [0, 0.1) is 6.92 Å². The Morgan fingerprint density at radius 1 is 1.06 bits per heavy atom. The van der Waals surface area contributed by atoms with Crippen molar-refractivity contribution in [2.75, 3.05) is 31.1 Å². The number of hydrogen-bond donors (Lipinski definition) is 1. The number of carbonyl (C=O) groups is 1. The lowest BCUT2D eigenvalue weighted by Crippen LogP contribution is -2.49. The second kappa shape index (κ2) is 8.75. The molecule has 1 saturated heterocycles. The number of carbonyl (C=O) groups excluding carboxylic acids is 1. The Morgan fingerprint density at radius 2 is 1.88 bits per heavy atom. The van der Waals surface area contributed by atoms with Gasteiger partial charge in [-0.1, -0.05) is 29.5 Å². The van der Waals surface area contributed by atoms with Crippen molar-refractivity contribution in [3.8, 4) is 21.3 Å². The van der Waals surface area contributed by atoms with E-state index in [0.29, 0.717) is 31.9 Å². The third-order valence-electron chi connectivity index (χ3n) is 5.34. The minimum atomic E-state index is -0.503. The summed E-state index contributed by atoms with van der Waals surface area (Å²) in [5, 5.41) is 26.8. The van der Waals surface area contributed by atoms with Crippen LogP contribution in [0.2, 0.25) is 0 Å². The Morgan fingerprint density at radius 3 is 2.61 bits per heavy atom. The van der Waals surface area contributed by atoms with Crippen molar-refractivity contribution >= 4 is 33.7 Å². The van der Waals surface area contributed by atoms with Gasteiger partial charge in [0.2, 0.25) is 5.13 Å². The van der Waals surface area contributed by atoms with Crippen LogP contribution in [-0.4, -0.2) is 62.1 Å². The van der Waals surface area contributed by atoms with Crippen LogP contribution in [0.3, 0.4) is 0 Å². The zero-order valence-corrected chi connectivity index (χ0v) is 19.3. The maximum absolute atomic E-state index is 13.1. The number of amides is 1. The fourth-order valence-electron chi connectivity index (χ4n) is 3.64. The number of thiophene rings is 1. The minimum Gasteiger partial charge on any atom is -0.505 e. The molecule has 5 rings (SSSR count). The smallest absolute Gasteiger partial charge is 0.278 e. The van der Waals surface area contributed by atoms with Gasteiger partial charge in [0.05, 0.1) is 10.6 Å². The molecule has 11 heteroatoms. The summed E-state index contributed by atoms with van der Waals surface area (Å²) in [5.41, 5.74) is 0.853. The first-order valence-electron chi connectivity index (χ1n) is 10.3. The monoisotopic (exact) mass is 480 g/mol. The van der Waals surface area contributed by atoms with Gasteiger partial charge in [-0.3, -0.25) is 9.59 Å². The van der Waals surface area contributed by atoms with E-state index >= 15 is 0 Å². The summed E-state index contributed by atoms with van der Waals surface area (Å²) >= 11 is 3.15. The highest BCUT2D eigenvalue weighted by Gasteiger charge is 2.27. The molecule has 1 aromatic carbocycles. The number of piperazine rings is 1. The molecule has 4 aromatic rings. The molecule has 1 N–H and O–H groups in total. The molecular formula is C22H20N6O3S2. The van der Waals surface area contributed by atoms with Crippen molar-refractivity contribution in [3.63, 3.8) is 0 Å². The Labute approximate surface area is 197 Å². The number of benzene rings is 1. The van der Waals surface area contributed by atoms with E-state index < -0.39 is 17.2 Å². The number of aromatic nitrogens is 4. The predicted molar refractivity (Wildman–Crippen MR) is 128 cm³/mol. The van der Waals surface area contributed by atoms with Crippen molar-refractivity contribution in [2.24, 2.45) is 0 Å². The SMILES string of the molecule is Cc1cccc(-n2nc(C(=O)N3CCN(c4nnc(-c5cccs5)s4)CC3)c(O)cc2=O)c1. The lowest BCUT2D eigenvalue weighted by Gasteiger charge is -2.34.